The van der Waals surface area contributed by atoms with Crippen LogP contribution in [0.5, 0.6) is 0 Å². The Morgan fingerprint density at radius 1 is 0.923 bits per heavy atom. The van der Waals surface area contributed by atoms with Crippen molar-refractivity contribution in [3.63, 3.8) is 0 Å². The number of ether oxygens (including phenoxy) is 1. The summed E-state index contributed by atoms with van der Waals surface area (Å²) in [5.41, 5.74) is 1.24. The number of imide groups is 2. The molecule has 10 nitrogen and oxygen atoms in total. The summed E-state index contributed by atoms with van der Waals surface area (Å²) in [6.07, 6.45) is 3.92. The monoisotopic (exact) mass is 538 g/mol. The predicted octanol–water partition coefficient (Wildman–Crippen LogP) is 2.91. The van der Waals surface area contributed by atoms with Crippen LogP contribution in [0, 0.1) is 5.92 Å². The number of carbonyl (C=O) groups excluding carboxylic acids is 5. The number of hydrogen-bond donors (Lipinski definition) is 1. The van der Waals surface area contributed by atoms with Crippen LogP contribution in [0.1, 0.15) is 91.5 Å². The van der Waals surface area contributed by atoms with Crippen LogP contribution in [0.2, 0.25) is 0 Å². The van der Waals surface area contributed by atoms with Gasteiger partial charge in [0, 0.05) is 26.1 Å². The number of fused-ring (bicyclic) bond motifs is 1. The van der Waals surface area contributed by atoms with Crippen molar-refractivity contribution in [1.29, 1.82) is 0 Å². The van der Waals surface area contributed by atoms with Gasteiger partial charge in [-0.3, -0.25) is 29.4 Å². The molecular formula is C29H38N4O6. The molecular weight excluding hydrogens is 500 g/mol. The number of benzene rings is 1. The van der Waals surface area contributed by atoms with E-state index in [2.05, 4.69) is 10.2 Å². The summed E-state index contributed by atoms with van der Waals surface area (Å²) in [6, 6.07) is 4.53. The second-order valence-electron chi connectivity index (χ2n) is 12.2. The predicted molar refractivity (Wildman–Crippen MR) is 142 cm³/mol. The van der Waals surface area contributed by atoms with Crippen LogP contribution in [-0.2, 0) is 14.3 Å². The fraction of sp³-hybridized carbons (Fsp3) is 0.621. The lowest BCUT2D eigenvalue weighted by Gasteiger charge is -2.38. The number of rotatable bonds is 4. The standard InChI is InChI=1S/C29H38N4O6/c1-29(2,3)39-28(38)32-14-8-18(9-15-32)17-31-12-10-19(11-13-31)20-4-5-21-22(16-20)27(37)33(26(21)36)23-6-7-24(34)30-25(23)35/h4-5,16,18-19,23H,6-15,17H2,1-3H3,(H,30,34,35). The molecule has 3 fully saturated rings. The van der Waals surface area contributed by atoms with E-state index in [0.29, 0.717) is 23.0 Å². The number of piperidine rings is 3. The van der Waals surface area contributed by atoms with Crippen molar-refractivity contribution in [2.45, 2.75) is 76.9 Å². The second-order valence-corrected chi connectivity index (χ2v) is 12.2. The van der Waals surface area contributed by atoms with E-state index in [1.54, 1.807) is 6.07 Å². The Morgan fingerprint density at radius 2 is 1.59 bits per heavy atom. The van der Waals surface area contributed by atoms with E-state index in [9.17, 15) is 24.0 Å². The maximum Gasteiger partial charge on any atom is 0.410 e. The summed E-state index contributed by atoms with van der Waals surface area (Å²) in [5.74, 6) is -1.04. The Morgan fingerprint density at radius 3 is 2.23 bits per heavy atom. The third-order valence-corrected chi connectivity index (χ3v) is 8.31. The van der Waals surface area contributed by atoms with Gasteiger partial charge < -0.3 is 14.5 Å². The van der Waals surface area contributed by atoms with Gasteiger partial charge in [0.15, 0.2) is 0 Å². The fourth-order valence-corrected chi connectivity index (χ4v) is 6.18. The molecule has 4 aliphatic heterocycles. The average molecular weight is 539 g/mol. The van der Waals surface area contributed by atoms with Gasteiger partial charge in [0.05, 0.1) is 11.1 Å². The molecule has 0 bridgehead atoms. The number of likely N-dealkylation sites (tertiary alicyclic amines) is 2. The first-order chi connectivity index (χ1) is 18.5. The molecule has 1 atom stereocenters. The molecule has 1 N–H and O–H groups in total. The van der Waals surface area contributed by atoms with Gasteiger partial charge >= 0.3 is 6.09 Å². The largest absolute Gasteiger partial charge is 0.444 e. The molecule has 1 aromatic rings. The van der Waals surface area contributed by atoms with Crippen molar-refractivity contribution in [2.75, 3.05) is 32.7 Å². The summed E-state index contributed by atoms with van der Waals surface area (Å²) in [5, 5.41) is 2.23. The minimum atomic E-state index is -0.946. The topological polar surface area (TPSA) is 116 Å². The molecule has 1 unspecified atom stereocenters. The number of nitrogens with zero attached hydrogens (tertiary/aromatic N) is 3. The van der Waals surface area contributed by atoms with E-state index in [-0.39, 0.29) is 24.8 Å². The molecule has 0 spiro atoms. The maximum absolute atomic E-state index is 13.2. The molecule has 210 valence electrons. The molecule has 4 aliphatic rings. The van der Waals surface area contributed by atoms with Gasteiger partial charge in [-0.15, -0.1) is 0 Å². The van der Waals surface area contributed by atoms with Gasteiger partial charge in [-0.2, -0.15) is 0 Å². The van der Waals surface area contributed by atoms with Gasteiger partial charge in [-0.1, -0.05) is 6.07 Å². The molecule has 0 radical (unpaired) electrons. The first kappa shape index (κ1) is 27.3. The van der Waals surface area contributed by atoms with Crippen molar-refractivity contribution in [3.8, 4) is 0 Å². The van der Waals surface area contributed by atoms with Crippen LogP contribution in [-0.4, -0.2) is 88.8 Å². The first-order valence-corrected chi connectivity index (χ1v) is 14.1. The normalized spacial score (nSPS) is 23.7. The summed E-state index contributed by atoms with van der Waals surface area (Å²) < 4.78 is 5.51. The second kappa shape index (κ2) is 10.7. The Balaban J connectivity index is 1.13. The SMILES string of the molecule is CC(C)(C)OC(=O)N1CCC(CN2CCC(c3ccc4c(c3)C(=O)N(C3CCC(=O)NC3=O)C4=O)CC2)CC1. The first-order valence-electron chi connectivity index (χ1n) is 14.1. The van der Waals surface area contributed by atoms with Crippen LogP contribution in [0.3, 0.4) is 0 Å². The maximum atomic E-state index is 13.2. The molecule has 5 rings (SSSR count). The van der Waals surface area contributed by atoms with E-state index in [1.165, 1.54) is 0 Å². The molecule has 0 aliphatic carbocycles. The van der Waals surface area contributed by atoms with Crippen molar-refractivity contribution in [1.82, 2.24) is 20.0 Å². The zero-order valence-corrected chi connectivity index (χ0v) is 23.0. The Hall–Kier alpha value is -3.27. The van der Waals surface area contributed by atoms with Gasteiger partial charge in [0.1, 0.15) is 11.6 Å². The molecule has 39 heavy (non-hydrogen) atoms. The number of hydrogen-bond acceptors (Lipinski definition) is 7. The van der Waals surface area contributed by atoms with Crippen LogP contribution in [0.15, 0.2) is 18.2 Å². The number of amides is 5. The third kappa shape index (κ3) is 5.85. The minimum Gasteiger partial charge on any atom is -0.444 e. The summed E-state index contributed by atoms with van der Waals surface area (Å²) in [7, 11) is 0. The fourth-order valence-electron chi connectivity index (χ4n) is 6.18. The smallest absolute Gasteiger partial charge is 0.410 e. The molecule has 1 aromatic carbocycles. The van der Waals surface area contributed by atoms with Crippen molar-refractivity contribution in [3.05, 3.63) is 34.9 Å². The highest BCUT2D eigenvalue weighted by molar-refractivity contribution is 6.23. The third-order valence-electron chi connectivity index (χ3n) is 8.31. The quantitative estimate of drug-likeness (QED) is 0.586. The zero-order chi connectivity index (χ0) is 27.9. The van der Waals surface area contributed by atoms with Crippen LogP contribution < -0.4 is 5.32 Å². The van der Waals surface area contributed by atoms with Crippen molar-refractivity contribution in [2.24, 2.45) is 5.92 Å². The van der Waals surface area contributed by atoms with E-state index >= 15 is 0 Å². The molecule has 0 saturated carbocycles. The van der Waals surface area contributed by atoms with E-state index in [4.69, 9.17) is 4.74 Å². The molecule has 4 heterocycles. The van der Waals surface area contributed by atoms with E-state index < -0.39 is 29.4 Å². The van der Waals surface area contributed by atoms with Crippen molar-refractivity contribution >= 4 is 29.7 Å². The molecule has 3 saturated heterocycles. The number of nitrogens with one attached hydrogen (secondary N) is 1. The van der Waals surface area contributed by atoms with Gasteiger partial charge in [0.2, 0.25) is 11.8 Å². The zero-order valence-electron chi connectivity index (χ0n) is 23.0. The average Bonchev–Trinajstić information content (AvgIpc) is 3.13. The molecule has 10 heteroatoms. The lowest BCUT2D eigenvalue weighted by molar-refractivity contribution is -0.136. The Bertz CT molecular complexity index is 1170. The summed E-state index contributed by atoms with van der Waals surface area (Å²) >= 11 is 0. The minimum absolute atomic E-state index is 0.108. The Kier molecular flexibility index (Phi) is 7.50. The highest BCUT2D eigenvalue weighted by Gasteiger charge is 2.44. The highest BCUT2D eigenvalue weighted by atomic mass is 16.6. The van der Waals surface area contributed by atoms with Crippen LogP contribution >= 0.6 is 0 Å². The van der Waals surface area contributed by atoms with Gasteiger partial charge in [-0.25, -0.2) is 4.79 Å². The van der Waals surface area contributed by atoms with Crippen LogP contribution in [0.4, 0.5) is 4.79 Å². The lowest BCUT2D eigenvalue weighted by Crippen LogP contribution is -2.54. The lowest BCUT2D eigenvalue weighted by atomic mass is 9.87. The summed E-state index contributed by atoms with van der Waals surface area (Å²) in [4.78, 5) is 67.6. The van der Waals surface area contributed by atoms with E-state index in [1.807, 2.05) is 37.8 Å². The van der Waals surface area contributed by atoms with Gasteiger partial charge in [-0.05, 0) is 95.5 Å². The molecule has 0 aromatic heterocycles. The number of carbonyl (C=O) groups is 5. The summed E-state index contributed by atoms with van der Waals surface area (Å²) in [6.45, 7) is 10.1. The van der Waals surface area contributed by atoms with Gasteiger partial charge in [0.25, 0.3) is 11.8 Å². The Labute approximate surface area is 229 Å². The van der Waals surface area contributed by atoms with Crippen molar-refractivity contribution < 1.29 is 28.7 Å². The molecule has 5 amide bonds. The highest BCUT2D eigenvalue weighted by Crippen LogP contribution is 2.34. The van der Waals surface area contributed by atoms with Crippen LogP contribution in [0.25, 0.3) is 0 Å². The van der Waals surface area contributed by atoms with E-state index in [0.717, 1.165) is 68.9 Å².